The predicted octanol–water partition coefficient (Wildman–Crippen LogP) is 16.9. The Balaban J connectivity index is 1.62. The van der Waals surface area contributed by atoms with Crippen LogP contribution in [0.1, 0.15) is 105 Å². The van der Waals surface area contributed by atoms with Crippen molar-refractivity contribution in [1.29, 1.82) is 0 Å². The van der Waals surface area contributed by atoms with Crippen molar-refractivity contribution in [3.63, 3.8) is 0 Å². The summed E-state index contributed by atoms with van der Waals surface area (Å²) in [5.74, 6) is 0. The summed E-state index contributed by atoms with van der Waals surface area (Å²) in [5, 5.41) is 0. The van der Waals surface area contributed by atoms with Crippen molar-refractivity contribution in [2.75, 3.05) is 0 Å². The Bertz CT molecular complexity index is 2370. The Hall–Kier alpha value is -5.46. The van der Waals surface area contributed by atoms with Gasteiger partial charge in [0.1, 0.15) is 0 Å². The van der Waals surface area contributed by atoms with E-state index < -0.39 is 0 Å². The number of hydrogen-bond acceptors (Lipinski definition) is 0. The first kappa shape index (κ1) is 40.7. The first-order valence-electron chi connectivity index (χ1n) is 21.1. The van der Waals surface area contributed by atoms with Crippen molar-refractivity contribution in [3.8, 4) is 66.8 Å². The van der Waals surface area contributed by atoms with Gasteiger partial charge in [0.05, 0.1) is 0 Å². The molecule has 0 unspecified atom stereocenters. The molecule has 0 aromatic heterocycles. The predicted molar refractivity (Wildman–Crippen MR) is 254 cm³/mol. The van der Waals surface area contributed by atoms with Gasteiger partial charge in [-0.3, -0.25) is 0 Å². The molecular formula is C58H62. The average Bonchev–Trinajstić information content (AvgIpc) is 3.19. The van der Waals surface area contributed by atoms with Gasteiger partial charge in [0.25, 0.3) is 0 Å². The van der Waals surface area contributed by atoms with E-state index in [9.17, 15) is 0 Å². The molecule has 0 saturated carbocycles. The summed E-state index contributed by atoms with van der Waals surface area (Å²) in [6.07, 6.45) is 0. The van der Waals surface area contributed by atoms with E-state index in [0.717, 1.165) is 0 Å². The standard InChI is InChI=1S/C58H62/c1-55(2,3)51-29-21-19-27-43(51)41-31-33-53(57(7,8)9)49(35-41)47-37-46(40-25-17-14-18-26-40)48(38-45(47)39-23-15-13-16-24-39)50-36-42(32-34-54(50)58(10,11)12)44-28-20-22-30-52(44)56(4,5)6/h13-38H,1-12H3. The minimum atomic E-state index is -0.0921. The van der Waals surface area contributed by atoms with E-state index in [1.807, 2.05) is 0 Å². The lowest BCUT2D eigenvalue weighted by Gasteiger charge is -2.29. The van der Waals surface area contributed by atoms with E-state index in [1.165, 1.54) is 89.0 Å². The van der Waals surface area contributed by atoms with Crippen molar-refractivity contribution in [1.82, 2.24) is 0 Å². The van der Waals surface area contributed by atoms with Crippen LogP contribution in [0.5, 0.6) is 0 Å². The molecule has 294 valence electrons. The molecule has 0 heteroatoms. The Morgan fingerprint density at radius 1 is 0.207 bits per heavy atom. The highest BCUT2D eigenvalue weighted by Crippen LogP contribution is 2.49. The molecule has 0 aliphatic carbocycles. The molecular weight excluding hydrogens is 697 g/mol. The second-order valence-corrected chi connectivity index (χ2v) is 20.3. The third-order valence-corrected chi connectivity index (χ3v) is 11.7. The summed E-state index contributed by atoms with van der Waals surface area (Å²) in [6, 6.07) is 59.4. The molecule has 0 spiro atoms. The van der Waals surface area contributed by atoms with Crippen LogP contribution >= 0.6 is 0 Å². The highest BCUT2D eigenvalue weighted by molar-refractivity contribution is 5.98. The SMILES string of the molecule is CC(C)(C)c1ccccc1-c1ccc(C(C)(C)C)c(-c2cc(-c3ccccc3)c(-c3cc(-c4ccccc4C(C)(C)C)ccc3C(C)(C)C)cc2-c2ccccc2)c1. The highest BCUT2D eigenvalue weighted by Gasteiger charge is 2.28. The van der Waals surface area contributed by atoms with Crippen molar-refractivity contribution in [3.05, 3.63) is 180 Å². The molecule has 0 nitrogen and oxygen atoms in total. The molecule has 0 heterocycles. The van der Waals surface area contributed by atoms with Crippen LogP contribution in [0.25, 0.3) is 66.8 Å². The molecule has 7 rings (SSSR count). The maximum atomic E-state index is 2.51. The summed E-state index contributed by atoms with van der Waals surface area (Å²) in [6.45, 7) is 28.0. The second-order valence-electron chi connectivity index (χ2n) is 20.3. The summed E-state index contributed by atoms with van der Waals surface area (Å²) in [5.41, 5.74) is 20.3. The van der Waals surface area contributed by atoms with Crippen LogP contribution in [0.2, 0.25) is 0 Å². The van der Waals surface area contributed by atoms with Crippen molar-refractivity contribution in [2.24, 2.45) is 0 Å². The van der Waals surface area contributed by atoms with E-state index in [4.69, 9.17) is 0 Å². The van der Waals surface area contributed by atoms with Gasteiger partial charge in [0.2, 0.25) is 0 Å². The smallest absolute Gasteiger partial charge is 0.00956 e. The monoisotopic (exact) mass is 758 g/mol. The fraction of sp³-hybridized carbons (Fsp3) is 0.276. The third-order valence-electron chi connectivity index (χ3n) is 11.7. The molecule has 58 heavy (non-hydrogen) atoms. The Morgan fingerprint density at radius 2 is 0.500 bits per heavy atom. The molecule has 0 fully saturated rings. The van der Waals surface area contributed by atoms with Gasteiger partial charge in [0.15, 0.2) is 0 Å². The Morgan fingerprint density at radius 3 is 0.828 bits per heavy atom. The molecule has 0 aliphatic rings. The van der Waals surface area contributed by atoms with Crippen LogP contribution in [-0.2, 0) is 21.7 Å². The van der Waals surface area contributed by atoms with E-state index in [-0.39, 0.29) is 21.7 Å². The minimum absolute atomic E-state index is 0.00345. The molecule has 7 aromatic rings. The van der Waals surface area contributed by atoms with Gasteiger partial charge in [-0.1, -0.05) is 217 Å². The molecule has 0 N–H and O–H groups in total. The van der Waals surface area contributed by atoms with Crippen LogP contribution in [0.15, 0.2) is 158 Å². The third kappa shape index (κ3) is 8.26. The lowest BCUT2D eigenvalue weighted by molar-refractivity contribution is 0.590. The lowest BCUT2D eigenvalue weighted by Crippen LogP contribution is -2.15. The maximum absolute atomic E-state index is 2.51. The first-order chi connectivity index (χ1) is 27.3. The molecule has 0 amide bonds. The van der Waals surface area contributed by atoms with Gasteiger partial charge in [-0.15, -0.1) is 0 Å². The van der Waals surface area contributed by atoms with Crippen molar-refractivity contribution < 1.29 is 0 Å². The van der Waals surface area contributed by atoms with Gasteiger partial charge < -0.3 is 0 Å². The highest BCUT2D eigenvalue weighted by atomic mass is 14.3. The van der Waals surface area contributed by atoms with Crippen LogP contribution in [0, 0.1) is 0 Å². The Kier molecular flexibility index (Phi) is 10.8. The minimum Gasteiger partial charge on any atom is -0.0622 e. The van der Waals surface area contributed by atoms with Gasteiger partial charge in [-0.25, -0.2) is 0 Å². The topological polar surface area (TPSA) is 0 Å². The fourth-order valence-electron chi connectivity index (χ4n) is 8.71. The van der Waals surface area contributed by atoms with Gasteiger partial charge in [-0.05, 0) is 135 Å². The van der Waals surface area contributed by atoms with Gasteiger partial charge >= 0.3 is 0 Å². The van der Waals surface area contributed by atoms with E-state index in [1.54, 1.807) is 0 Å². The largest absolute Gasteiger partial charge is 0.0622 e. The zero-order valence-electron chi connectivity index (χ0n) is 37.0. The van der Waals surface area contributed by atoms with E-state index in [0.29, 0.717) is 0 Å². The lowest BCUT2D eigenvalue weighted by atomic mass is 9.75. The zero-order valence-corrected chi connectivity index (χ0v) is 37.0. The van der Waals surface area contributed by atoms with Crippen LogP contribution in [0.3, 0.4) is 0 Å². The molecule has 0 aliphatic heterocycles. The summed E-state index contributed by atoms with van der Waals surface area (Å²) in [4.78, 5) is 0. The van der Waals surface area contributed by atoms with E-state index in [2.05, 4.69) is 241 Å². The molecule has 0 atom stereocenters. The summed E-state index contributed by atoms with van der Waals surface area (Å²) in [7, 11) is 0. The van der Waals surface area contributed by atoms with Gasteiger partial charge in [-0.2, -0.15) is 0 Å². The van der Waals surface area contributed by atoms with E-state index >= 15 is 0 Å². The molecule has 0 radical (unpaired) electrons. The molecule has 7 aromatic carbocycles. The van der Waals surface area contributed by atoms with Crippen LogP contribution in [-0.4, -0.2) is 0 Å². The van der Waals surface area contributed by atoms with Crippen molar-refractivity contribution >= 4 is 0 Å². The second kappa shape index (κ2) is 15.4. The molecule has 0 bridgehead atoms. The van der Waals surface area contributed by atoms with Crippen LogP contribution in [0.4, 0.5) is 0 Å². The number of hydrogen-bond donors (Lipinski definition) is 0. The first-order valence-corrected chi connectivity index (χ1v) is 21.1. The zero-order chi connectivity index (χ0) is 41.6. The number of benzene rings is 7. The normalized spacial score (nSPS) is 12.5. The summed E-state index contributed by atoms with van der Waals surface area (Å²) >= 11 is 0. The van der Waals surface area contributed by atoms with Gasteiger partial charge in [0, 0.05) is 0 Å². The maximum Gasteiger partial charge on any atom is -0.00956 e. The van der Waals surface area contributed by atoms with Crippen LogP contribution < -0.4 is 0 Å². The quantitative estimate of drug-likeness (QED) is 0.158. The Labute approximate surface area is 350 Å². The summed E-state index contributed by atoms with van der Waals surface area (Å²) < 4.78 is 0. The molecule has 0 saturated heterocycles. The number of rotatable bonds is 6. The average molecular weight is 759 g/mol. The van der Waals surface area contributed by atoms with Crippen molar-refractivity contribution in [2.45, 2.75) is 105 Å². The fourth-order valence-corrected chi connectivity index (χ4v) is 8.71.